The lowest BCUT2D eigenvalue weighted by Gasteiger charge is -2.35. The van der Waals surface area contributed by atoms with Crippen LogP contribution in [-0.2, 0) is 18.6 Å². The second-order valence-corrected chi connectivity index (χ2v) is 9.41. The van der Waals surface area contributed by atoms with E-state index in [1.807, 2.05) is 0 Å². The van der Waals surface area contributed by atoms with Gasteiger partial charge in [0.15, 0.2) is 0 Å². The Hall–Kier alpha value is -1.89. The molecule has 1 saturated heterocycles. The molecule has 0 aliphatic carbocycles. The Labute approximate surface area is 174 Å². The lowest BCUT2D eigenvalue weighted by atomic mass is 10.0. The zero-order valence-electron chi connectivity index (χ0n) is 16.1. The number of hydrogen-bond acceptors (Lipinski definition) is 6. The number of nitrogens with zero attached hydrogens (tertiary/aromatic N) is 1. The number of carbonyl (C=O) groups excluding carboxylic acids is 1. The predicted octanol–water partition coefficient (Wildman–Crippen LogP) is 2.40. The van der Waals surface area contributed by atoms with E-state index in [9.17, 15) is 14.5 Å². The normalized spacial score (nSPS) is 25.3. The molecule has 2 aromatic carbocycles. The first-order chi connectivity index (χ1) is 13.9. The minimum absolute atomic E-state index is 0.0629. The highest BCUT2D eigenvalue weighted by Gasteiger charge is 2.43. The van der Waals surface area contributed by atoms with E-state index >= 15 is 0 Å². The first kappa shape index (κ1) is 21.8. The van der Waals surface area contributed by atoms with Crippen molar-refractivity contribution in [3.63, 3.8) is 0 Å². The van der Waals surface area contributed by atoms with Crippen molar-refractivity contribution in [1.29, 1.82) is 0 Å². The van der Waals surface area contributed by atoms with Crippen molar-refractivity contribution in [3.05, 3.63) is 59.1 Å². The van der Waals surface area contributed by atoms with Gasteiger partial charge in [-0.15, -0.1) is 0 Å². The molecular formula is C20H22ClNO6P-. The number of ether oxygens (including phenoxy) is 2. The van der Waals surface area contributed by atoms with E-state index < -0.39 is 26.1 Å². The van der Waals surface area contributed by atoms with E-state index in [4.69, 9.17) is 25.6 Å². The van der Waals surface area contributed by atoms with Crippen molar-refractivity contribution in [1.82, 2.24) is 4.67 Å². The number of carbonyl (C=O) groups is 1. The summed E-state index contributed by atoms with van der Waals surface area (Å²) < 4.78 is 32.0. The number of methoxy groups -OCH3 is 2. The summed E-state index contributed by atoms with van der Waals surface area (Å²) in [6, 6.07) is 13.0. The van der Waals surface area contributed by atoms with Crippen molar-refractivity contribution < 1.29 is 28.5 Å². The van der Waals surface area contributed by atoms with Crippen LogP contribution in [0.1, 0.15) is 18.0 Å². The Morgan fingerprint density at radius 2 is 1.86 bits per heavy atom. The van der Waals surface area contributed by atoms with Gasteiger partial charge in [0.05, 0.1) is 31.1 Å². The van der Waals surface area contributed by atoms with E-state index in [2.05, 4.69) is 0 Å². The topological polar surface area (TPSA) is 88.1 Å². The molecular weight excluding hydrogens is 417 g/mol. The van der Waals surface area contributed by atoms with Crippen LogP contribution in [0.2, 0.25) is 5.02 Å². The third-order valence-electron chi connectivity index (χ3n) is 4.90. The Morgan fingerprint density at radius 1 is 1.21 bits per heavy atom. The van der Waals surface area contributed by atoms with Crippen LogP contribution in [0.4, 0.5) is 0 Å². The standard InChI is InChI=1S/C20H23ClNO6P/c1-26-16-7-9-18(10-8-16)29(25)22(12-20(23)24)19(11-17(27-2)13-28-29)14-3-5-15(21)6-4-14/h3-10,17,19H,11-13H2,1-2H3,(H,23,24)/p-1. The minimum Gasteiger partial charge on any atom is -0.549 e. The number of rotatable bonds is 6. The van der Waals surface area contributed by atoms with Crippen LogP contribution in [0.15, 0.2) is 48.5 Å². The molecule has 1 fully saturated rings. The van der Waals surface area contributed by atoms with Crippen LogP contribution in [0.3, 0.4) is 0 Å². The van der Waals surface area contributed by atoms with Gasteiger partial charge in [0.1, 0.15) is 5.75 Å². The molecule has 1 aliphatic rings. The van der Waals surface area contributed by atoms with Crippen molar-refractivity contribution in [2.75, 3.05) is 27.4 Å². The first-order valence-corrected chi connectivity index (χ1v) is 11.0. The third kappa shape index (κ3) is 4.82. The molecule has 29 heavy (non-hydrogen) atoms. The highest BCUT2D eigenvalue weighted by Crippen LogP contribution is 2.56. The van der Waals surface area contributed by atoms with Crippen LogP contribution >= 0.6 is 19.1 Å². The van der Waals surface area contributed by atoms with Crippen LogP contribution in [-0.4, -0.2) is 44.1 Å². The molecule has 9 heteroatoms. The van der Waals surface area contributed by atoms with E-state index in [0.717, 1.165) is 5.56 Å². The lowest BCUT2D eigenvalue weighted by molar-refractivity contribution is -0.305. The maximum absolute atomic E-state index is 14.1. The smallest absolute Gasteiger partial charge is 0.303 e. The molecule has 156 valence electrons. The second-order valence-electron chi connectivity index (χ2n) is 6.64. The Balaban J connectivity index is 2.12. The molecule has 0 spiro atoms. The van der Waals surface area contributed by atoms with Crippen LogP contribution < -0.4 is 15.1 Å². The molecule has 3 atom stereocenters. The van der Waals surface area contributed by atoms with Crippen molar-refractivity contribution in [2.24, 2.45) is 0 Å². The lowest BCUT2D eigenvalue weighted by Crippen LogP contribution is -2.40. The van der Waals surface area contributed by atoms with Crippen molar-refractivity contribution in [2.45, 2.75) is 18.6 Å². The molecule has 7 nitrogen and oxygen atoms in total. The van der Waals surface area contributed by atoms with Crippen LogP contribution in [0.5, 0.6) is 5.75 Å². The summed E-state index contributed by atoms with van der Waals surface area (Å²) in [5, 5.41) is 12.5. The number of carboxylic acid groups (broad SMARTS) is 1. The maximum atomic E-state index is 14.1. The molecule has 0 radical (unpaired) electrons. The molecule has 1 aliphatic heterocycles. The summed E-state index contributed by atoms with van der Waals surface area (Å²) >= 11 is 6.01. The summed E-state index contributed by atoms with van der Waals surface area (Å²) in [6.07, 6.45) is 0.0277. The van der Waals surface area contributed by atoms with Gasteiger partial charge in [-0.3, -0.25) is 4.57 Å². The average Bonchev–Trinajstić information content (AvgIpc) is 2.86. The van der Waals surface area contributed by atoms with Gasteiger partial charge in [0.25, 0.3) is 0 Å². The molecule has 2 aromatic rings. The minimum atomic E-state index is -3.74. The van der Waals surface area contributed by atoms with Gasteiger partial charge in [0, 0.05) is 24.7 Å². The highest BCUT2D eigenvalue weighted by molar-refractivity contribution is 7.64. The van der Waals surface area contributed by atoms with Gasteiger partial charge in [-0.2, -0.15) is 0 Å². The van der Waals surface area contributed by atoms with Gasteiger partial charge in [-0.1, -0.05) is 23.7 Å². The van der Waals surface area contributed by atoms with E-state index in [1.165, 1.54) is 11.8 Å². The number of aliphatic carboxylic acids is 1. The van der Waals surface area contributed by atoms with E-state index in [0.29, 0.717) is 22.5 Å². The largest absolute Gasteiger partial charge is 0.549 e. The summed E-state index contributed by atoms with van der Waals surface area (Å²) in [5.74, 6) is -0.761. The number of carboxylic acids is 1. The summed E-state index contributed by atoms with van der Waals surface area (Å²) in [4.78, 5) is 11.6. The molecule has 0 amide bonds. The molecule has 0 saturated carbocycles. The van der Waals surface area contributed by atoms with Gasteiger partial charge >= 0.3 is 7.52 Å². The fourth-order valence-electron chi connectivity index (χ4n) is 3.37. The highest BCUT2D eigenvalue weighted by atomic mass is 35.5. The fourth-order valence-corrected chi connectivity index (χ4v) is 5.88. The second kappa shape index (κ2) is 9.28. The average molecular weight is 439 g/mol. The van der Waals surface area contributed by atoms with Crippen molar-refractivity contribution >= 4 is 30.4 Å². The molecule has 1 heterocycles. The number of hydrogen-bond donors (Lipinski definition) is 0. The van der Waals surface area contributed by atoms with Gasteiger partial charge in [-0.05, 0) is 48.4 Å². The van der Waals surface area contributed by atoms with Crippen molar-refractivity contribution in [3.8, 4) is 5.75 Å². The van der Waals surface area contributed by atoms with Gasteiger partial charge < -0.3 is 23.9 Å². The maximum Gasteiger partial charge on any atom is 0.303 e. The first-order valence-electron chi connectivity index (χ1n) is 9.02. The summed E-state index contributed by atoms with van der Waals surface area (Å²) in [6.45, 7) is -0.500. The fraction of sp³-hybridized carbons (Fsp3) is 0.350. The number of halogens is 1. The SMILES string of the molecule is COc1ccc(P2(=O)OCC(OC)CC(c3ccc(Cl)cc3)N2CC(=O)[O-])cc1. The molecule has 0 bridgehead atoms. The molecule has 3 unspecified atom stereocenters. The Bertz CT molecular complexity index is 889. The molecule has 3 rings (SSSR count). The quantitative estimate of drug-likeness (QED) is 0.640. The number of benzene rings is 2. The zero-order valence-corrected chi connectivity index (χ0v) is 17.8. The Morgan fingerprint density at radius 3 is 2.41 bits per heavy atom. The molecule has 0 N–H and O–H groups in total. The Kier molecular flexibility index (Phi) is 6.98. The summed E-state index contributed by atoms with van der Waals surface area (Å²) in [5.41, 5.74) is 0.761. The van der Waals surface area contributed by atoms with Crippen LogP contribution in [0, 0.1) is 0 Å². The van der Waals surface area contributed by atoms with Crippen LogP contribution in [0.25, 0.3) is 0 Å². The summed E-state index contributed by atoms with van der Waals surface area (Å²) in [7, 11) is -0.673. The predicted molar refractivity (Wildman–Crippen MR) is 108 cm³/mol. The van der Waals surface area contributed by atoms with E-state index in [-0.39, 0.29) is 12.7 Å². The van der Waals surface area contributed by atoms with E-state index in [1.54, 1.807) is 55.6 Å². The monoisotopic (exact) mass is 438 g/mol. The third-order valence-corrected chi connectivity index (χ3v) is 7.70. The van der Waals surface area contributed by atoms with Gasteiger partial charge in [-0.25, -0.2) is 4.67 Å². The van der Waals surface area contributed by atoms with Gasteiger partial charge in [0.2, 0.25) is 0 Å². The zero-order chi connectivity index (χ0) is 21.0. The molecule has 0 aromatic heterocycles.